The quantitative estimate of drug-likeness (QED) is 0.107. The van der Waals surface area contributed by atoms with Crippen molar-refractivity contribution in [3.05, 3.63) is 351 Å². The van der Waals surface area contributed by atoms with Gasteiger partial charge in [0.1, 0.15) is 0 Å². The van der Waals surface area contributed by atoms with Gasteiger partial charge in [-0.1, -0.05) is 243 Å². The van der Waals surface area contributed by atoms with Crippen LogP contribution in [-0.2, 0) is 11.1 Å². The van der Waals surface area contributed by atoms with Crippen molar-refractivity contribution in [2.45, 2.75) is 23.9 Å². The van der Waals surface area contributed by atoms with Gasteiger partial charge in [0.05, 0.1) is 11.1 Å². The number of hydrogen-bond donors (Lipinski definition) is 2. The first-order chi connectivity index (χ1) is 41.5. The molecular formula is C80H62N4. The van der Waals surface area contributed by atoms with Gasteiger partial charge in [0.25, 0.3) is 0 Å². The van der Waals surface area contributed by atoms with Crippen LogP contribution >= 0.6 is 0 Å². The zero-order valence-electron chi connectivity index (χ0n) is 46.6. The second-order valence-electron chi connectivity index (χ2n) is 21.9. The van der Waals surface area contributed by atoms with E-state index < -0.39 is 0 Å². The average molecular weight is 1080 g/mol. The number of hydrogen-bond acceptors (Lipinski definition) is 4. The number of rotatable bonds is 15. The number of fused-ring (bicyclic) bond motifs is 2. The summed E-state index contributed by atoms with van der Waals surface area (Å²) in [7, 11) is 0. The zero-order chi connectivity index (χ0) is 56.1. The van der Waals surface area contributed by atoms with Crippen molar-refractivity contribution >= 4 is 67.0 Å². The van der Waals surface area contributed by atoms with E-state index in [1.54, 1.807) is 0 Å². The lowest BCUT2D eigenvalue weighted by Crippen LogP contribution is -2.34. The molecule has 0 fully saturated rings. The number of para-hydroxylation sites is 2. The summed E-state index contributed by atoms with van der Waals surface area (Å²) in [6.45, 7) is 0. The van der Waals surface area contributed by atoms with Crippen LogP contribution in [0.1, 0.15) is 24.0 Å². The molecule has 0 aromatic heterocycles. The molecule has 402 valence electrons. The Morgan fingerprint density at radius 2 is 0.536 bits per heavy atom. The minimum Gasteiger partial charge on any atom is -0.372 e. The fourth-order valence-electron chi connectivity index (χ4n) is 12.5. The Bertz CT molecular complexity index is 4080. The summed E-state index contributed by atoms with van der Waals surface area (Å²) in [6.07, 6.45) is 19.5. The van der Waals surface area contributed by atoms with Gasteiger partial charge in [-0.15, -0.1) is 0 Å². The SMILES string of the molecule is C1=CCC(Nc2ccc(-c3ccc(N(c4ccccc4)c4ccc(-c5ccc(N(c6ccccc6)c6ccc(-c7ccc(NC8(c9cccc%10ccccc9%10)C=CC=CC8)cc7)cc6)cc5)cc4)cc3)cc2)(c2cccc3ccccc23)C=C1. The van der Waals surface area contributed by atoms with E-state index in [4.69, 9.17) is 0 Å². The average Bonchev–Trinajstić information content (AvgIpc) is 3.37. The van der Waals surface area contributed by atoms with Crippen LogP contribution in [0.2, 0.25) is 0 Å². The highest BCUT2D eigenvalue weighted by Crippen LogP contribution is 2.43. The molecule has 4 heteroatoms. The fraction of sp³-hybridized carbons (Fsp3) is 0.0500. The third-order valence-electron chi connectivity index (χ3n) is 16.7. The van der Waals surface area contributed by atoms with Gasteiger partial charge in [0.2, 0.25) is 0 Å². The molecule has 0 saturated heterocycles. The van der Waals surface area contributed by atoms with Crippen molar-refractivity contribution < 1.29 is 0 Å². The van der Waals surface area contributed by atoms with Crippen molar-refractivity contribution in [1.82, 2.24) is 0 Å². The summed E-state index contributed by atoms with van der Waals surface area (Å²) >= 11 is 0. The molecule has 12 aromatic rings. The van der Waals surface area contributed by atoms with E-state index in [0.29, 0.717) is 0 Å². The van der Waals surface area contributed by atoms with Crippen LogP contribution in [-0.4, -0.2) is 0 Å². The minimum atomic E-state index is -0.353. The first-order valence-electron chi connectivity index (χ1n) is 29.1. The molecule has 0 saturated carbocycles. The Morgan fingerprint density at radius 1 is 0.250 bits per heavy atom. The van der Waals surface area contributed by atoms with Crippen LogP contribution in [0.25, 0.3) is 54.9 Å². The number of nitrogens with zero attached hydrogens (tertiary/aromatic N) is 2. The second-order valence-corrected chi connectivity index (χ2v) is 21.9. The topological polar surface area (TPSA) is 30.5 Å². The van der Waals surface area contributed by atoms with E-state index in [9.17, 15) is 0 Å². The molecule has 4 nitrogen and oxygen atoms in total. The molecule has 0 heterocycles. The maximum Gasteiger partial charge on any atom is 0.0853 e. The number of nitrogens with one attached hydrogen (secondary N) is 2. The van der Waals surface area contributed by atoms with E-state index >= 15 is 0 Å². The Balaban J connectivity index is 0.677. The molecule has 0 bridgehead atoms. The lowest BCUT2D eigenvalue weighted by atomic mass is 9.81. The van der Waals surface area contributed by atoms with Crippen LogP contribution in [0.4, 0.5) is 45.5 Å². The Morgan fingerprint density at radius 3 is 0.857 bits per heavy atom. The molecule has 0 aliphatic heterocycles. The molecule has 0 amide bonds. The van der Waals surface area contributed by atoms with Gasteiger partial charge in [-0.05, 0) is 176 Å². The molecule has 2 aliphatic carbocycles. The van der Waals surface area contributed by atoms with Gasteiger partial charge in [-0.25, -0.2) is 0 Å². The molecule has 84 heavy (non-hydrogen) atoms. The van der Waals surface area contributed by atoms with Crippen molar-refractivity contribution in [1.29, 1.82) is 0 Å². The highest BCUT2D eigenvalue weighted by atomic mass is 15.1. The van der Waals surface area contributed by atoms with E-state index in [-0.39, 0.29) is 11.1 Å². The highest BCUT2D eigenvalue weighted by molar-refractivity contribution is 5.90. The summed E-state index contributed by atoms with van der Waals surface area (Å²) in [6, 6.07) is 105. The van der Waals surface area contributed by atoms with Gasteiger partial charge in [0.15, 0.2) is 0 Å². The van der Waals surface area contributed by atoms with Gasteiger partial charge < -0.3 is 20.4 Å². The first-order valence-corrected chi connectivity index (χ1v) is 29.1. The third kappa shape index (κ3) is 10.3. The normalized spacial score (nSPS) is 16.1. The second kappa shape index (κ2) is 22.7. The third-order valence-corrected chi connectivity index (χ3v) is 16.7. The molecule has 2 unspecified atom stereocenters. The maximum absolute atomic E-state index is 3.95. The summed E-state index contributed by atoms with van der Waals surface area (Å²) < 4.78 is 0. The summed E-state index contributed by atoms with van der Waals surface area (Å²) in [5.74, 6) is 0. The standard InChI is InChI=1S/C80H62N4/c1-5-23-69(24-6-1)83(71-47-35-61(36-48-71)59-31-43-67(44-32-59)81-79(55-13-3-14-56-79)77-29-17-21-65-19-9-11-27-75(65)77)73-51-39-63(40-52-73)64-41-53-74(54-42-64)84(70-25-7-2-8-26-70)72-49-37-62(38-50-72)60-33-45-68(46-34-60)82-80(57-15-4-16-58-80)78-30-18-22-66-20-10-12-28-76(66)78/h1-55,57,81-82H,56,58H2. The minimum absolute atomic E-state index is 0.353. The van der Waals surface area contributed by atoms with E-state index in [2.05, 4.69) is 360 Å². The highest BCUT2D eigenvalue weighted by Gasteiger charge is 2.32. The first kappa shape index (κ1) is 51.5. The van der Waals surface area contributed by atoms with Crippen molar-refractivity contribution in [3.63, 3.8) is 0 Å². The molecular weight excluding hydrogens is 1020 g/mol. The summed E-state index contributed by atoms with van der Waals surface area (Å²) in [4.78, 5) is 4.65. The Hall–Kier alpha value is -10.7. The maximum atomic E-state index is 3.95. The van der Waals surface area contributed by atoms with Crippen LogP contribution in [0.3, 0.4) is 0 Å². The lowest BCUT2D eigenvalue weighted by Gasteiger charge is -2.35. The van der Waals surface area contributed by atoms with Gasteiger partial charge in [-0.3, -0.25) is 0 Å². The molecule has 0 spiro atoms. The van der Waals surface area contributed by atoms with Gasteiger partial charge in [0, 0.05) is 45.5 Å². The molecule has 2 atom stereocenters. The number of allylic oxidation sites excluding steroid dienone is 4. The van der Waals surface area contributed by atoms with Crippen LogP contribution in [0, 0.1) is 0 Å². The van der Waals surface area contributed by atoms with E-state index in [1.807, 2.05) is 0 Å². The molecule has 12 aromatic carbocycles. The number of benzene rings is 12. The van der Waals surface area contributed by atoms with Crippen molar-refractivity contribution in [3.8, 4) is 33.4 Å². The van der Waals surface area contributed by atoms with E-state index in [0.717, 1.165) is 80.6 Å². The van der Waals surface area contributed by atoms with E-state index in [1.165, 1.54) is 43.8 Å². The molecule has 0 radical (unpaired) electrons. The predicted octanol–water partition coefficient (Wildman–Crippen LogP) is 21.6. The van der Waals surface area contributed by atoms with Gasteiger partial charge in [-0.2, -0.15) is 0 Å². The Kier molecular flexibility index (Phi) is 13.9. The predicted molar refractivity (Wildman–Crippen MR) is 356 cm³/mol. The number of anilines is 8. The van der Waals surface area contributed by atoms with Crippen LogP contribution in [0.5, 0.6) is 0 Å². The van der Waals surface area contributed by atoms with Crippen molar-refractivity contribution in [2.24, 2.45) is 0 Å². The lowest BCUT2D eigenvalue weighted by molar-refractivity contribution is 0.623. The molecule has 14 rings (SSSR count). The van der Waals surface area contributed by atoms with Gasteiger partial charge >= 0.3 is 0 Å². The zero-order valence-corrected chi connectivity index (χ0v) is 46.6. The smallest absolute Gasteiger partial charge is 0.0853 e. The summed E-state index contributed by atoms with van der Waals surface area (Å²) in [5, 5.41) is 12.9. The molecule has 2 N–H and O–H groups in total. The molecule has 2 aliphatic rings. The Labute approximate surface area is 493 Å². The summed E-state index contributed by atoms with van der Waals surface area (Å²) in [5.41, 5.74) is 17.5. The van der Waals surface area contributed by atoms with Crippen molar-refractivity contribution in [2.75, 3.05) is 20.4 Å². The van der Waals surface area contributed by atoms with Crippen LogP contribution < -0.4 is 20.4 Å². The van der Waals surface area contributed by atoms with Crippen LogP contribution in [0.15, 0.2) is 340 Å². The monoisotopic (exact) mass is 1080 g/mol. The fourth-order valence-corrected chi connectivity index (χ4v) is 12.5. The largest absolute Gasteiger partial charge is 0.372 e.